The van der Waals surface area contributed by atoms with Crippen molar-refractivity contribution in [3.8, 4) is 0 Å². The third kappa shape index (κ3) is 6.85. The highest BCUT2D eigenvalue weighted by molar-refractivity contribution is 5.87. The SMILES string of the molecule is C=CC(C)(O)CCC=C(C)C(=O)OCC1CCC2C(C=O)=COC(OC3OC(CO)C(O)C(O)C3O)C12. The summed E-state index contributed by atoms with van der Waals surface area (Å²) in [5, 5.41) is 49.9. The molecule has 0 amide bonds. The zero-order chi connectivity index (χ0) is 27.3. The maximum atomic E-state index is 12.6. The van der Waals surface area contributed by atoms with Crippen molar-refractivity contribution < 1.29 is 54.1 Å². The van der Waals surface area contributed by atoms with Crippen LogP contribution in [0.3, 0.4) is 0 Å². The molecule has 10 unspecified atom stereocenters. The number of aldehydes is 1. The number of aliphatic hydroxyl groups excluding tert-OH is 4. The molecule has 1 aliphatic carbocycles. The molecule has 2 aliphatic heterocycles. The monoisotopic (exact) mass is 526 g/mol. The van der Waals surface area contributed by atoms with Crippen LogP contribution in [0.5, 0.6) is 0 Å². The molecule has 1 saturated heterocycles. The first kappa shape index (κ1) is 29.4. The molecule has 37 heavy (non-hydrogen) atoms. The summed E-state index contributed by atoms with van der Waals surface area (Å²) in [4.78, 5) is 24.2. The molecule has 0 aromatic rings. The van der Waals surface area contributed by atoms with Gasteiger partial charge in [-0.1, -0.05) is 12.2 Å². The van der Waals surface area contributed by atoms with Crippen molar-refractivity contribution in [1.82, 2.24) is 0 Å². The third-order valence-corrected chi connectivity index (χ3v) is 7.48. The topological polar surface area (TPSA) is 172 Å². The number of ether oxygens (including phenoxy) is 4. The number of allylic oxidation sites excluding steroid dienone is 2. The maximum absolute atomic E-state index is 12.6. The largest absolute Gasteiger partial charge is 0.472 e. The number of carbonyl (C=O) groups is 2. The Kier molecular flexibility index (Phi) is 10.0. The second-order valence-corrected chi connectivity index (χ2v) is 10.2. The lowest BCUT2D eigenvalue weighted by Gasteiger charge is -2.43. The van der Waals surface area contributed by atoms with Crippen molar-refractivity contribution in [2.75, 3.05) is 13.2 Å². The second kappa shape index (κ2) is 12.6. The number of fused-ring (bicyclic) bond motifs is 1. The summed E-state index contributed by atoms with van der Waals surface area (Å²) < 4.78 is 22.5. The predicted octanol–water partition coefficient (Wildman–Crippen LogP) is 0.0911. The molecule has 0 radical (unpaired) electrons. The van der Waals surface area contributed by atoms with Crippen LogP contribution in [0.1, 0.15) is 39.5 Å². The van der Waals surface area contributed by atoms with Crippen LogP contribution < -0.4 is 0 Å². The fourth-order valence-corrected chi connectivity index (χ4v) is 5.04. The van der Waals surface area contributed by atoms with Crippen LogP contribution in [-0.4, -0.2) is 93.6 Å². The van der Waals surface area contributed by atoms with Gasteiger partial charge in [0.1, 0.15) is 30.7 Å². The van der Waals surface area contributed by atoms with E-state index >= 15 is 0 Å². The Morgan fingerprint density at radius 2 is 1.95 bits per heavy atom. The van der Waals surface area contributed by atoms with E-state index in [1.807, 2.05) is 0 Å². The van der Waals surface area contributed by atoms with Crippen LogP contribution >= 0.6 is 0 Å². The van der Waals surface area contributed by atoms with Crippen LogP contribution in [0.15, 0.2) is 36.1 Å². The zero-order valence-corrected chi connectivity index (χ0v) is 21.1. The minimum absolute atomic E-state index is 0.0413. The van der Waals surface area contributed by atoms with Gasteiger partial charge in [0, 0.05) is 23.0 Å². The Bertz CT molecular complexity index is 880. The lowest BCUT2D eigenvalue weighted by molar-refractivity contribution is -0.342. The number of aliphatic hydroxyl groups is 5. The molecule has 2 fully saturated rings. The van der Waals surface area contributed by atoms with Gasteiger partial charge >= 0.3 is 5.97 Å². The second-order valence-electron chi connectivity index (χ2n) is 10.2. The fourth-order valence-electron chi connectivity index (χ4n) is 5.04. The van der Waals surface area contributed by atoms with Gasteiger partial charge in [0.05, 0.1) is 25.1 Å². The van der Waals surface area contributed by atoms with Crippen molar-refractivity contribution in [2.45, 2.75) is 82.1 Å². The molecule has 2 heterocycles. The predicted molar refractivity (Wildman–Crippen MR) is 128 cm³/mol. The first-order valence-electron chi connectivity index (χ1n) is 12.5. The average Bonchev–Trinajstić information content (AvgIpc) is 3.32. The van der Waals surface area contributed by atoms with Gasteiger partial charge in [-0.3, -0.25) is 4.79 Å². The van der Waals surface area contributed by atoms with Crippen LogP contribution in [0.4, 0.5) is 0 Å². The number of rotatable bonds is 11. The molecule has 0 aromatic heterocycles. The van der Waals surface area contributed by atoms with E-state index in [9.17, 15) is 35.1 Å². The number of carbonyl (C=O) groups excluding carboxylic acids is 2. The first-order chi connectivity index (χ1) is 17.5. The summed E-state index contributed by atoms with van der Waals surface area (Å²) in [5.41, 5.74) is -0.185. The smallest absolute Gasteiger partial charge is 0.333 e. The van der Waals surface area contributed by atoms with Crippen molar-refractivity contribution in [3.05, 3.63) is 36.1 Å². The molecule has 10 atom stereocenters. The van der Waals surface area contributed by atoms with Gasteiger partial charge in [0.15, 0.2) is 6.29 Å². The van der Waals surface area contributed by atoms with E-state index in [0.29, 0.717) is 43.1 Å². The van der Waals surface area contributed by atoms with Crippen molar-refractivity contribution >= 4 is 12.3 Å². The molecule has 0 aromatic carbocycles. The molecule has 1 saturated carbocycles. The van der Waals surface area contributed by atoms with Crippen LogP contribution in [0.2, 0.25) is 0 Å². The molecule has 0 spiro atoms. The van der Waals surface area contributed by atoms with Gasteiger partial charge < -0.3 is 44.5 Å². The lowest BCUT2D eigenvalue weighted by atomic mass is 9.83. The highest BCUT2D eigenvalue weighted by atomic mass is 16.8. The van der Waals surface area contributed by atoms with Crippen LogP contribution in [0.25, 0.3) is 0 Å². The summed E-state index contributed by atoms with van der Waals surface area (Å²) in [7, 11) is 0. The summed E-state index contributed by atoms with van der Waals surface area (Å²) in [6, 6.07) is 0. The molecule has 5 N–H and O–H groups in total. The standard InChI is InChI=1S/C26H38O11/c1-4-26(3,33)9-5-6-14(2)23(32)34-12-15-7-8-17-16(10-27)13-35-24(19(15)17)37-25-22(31)21(30)20(29)18(11-28)36-25/h4,6,10,13,15,17-22,24-25,28-31,33H,1,5,7-9,11-12H2,2-3H3. The van der Waals surface area contributed by atoms with E-state index in [1.54, 1.807) is 19.9 Å². The molecule has 3 rings (SSSR count). The molecular weight excluding hydrogens is 488 g/mol. The summed E-state index contributed by atoms with van der Waals surface area (Å²) in [5.74, 6) is -1.39. The van der Waals surface area contributed by atoms with Gasteiger partial charge in [-0.05, 0) is 45.4 Å². The Labute approximate surface area is 216 Å². The molecule has 208 valence electrons. The van der Waals surface area contributed by atoms with E-state index in [-0.39, 0.29) is 18.4 Å². The number of esters is 1. The maximum Gasteiger partial charge on any atom is 0.333 e. The van der Waals surface area contributed by atoms with Gasteiger partial charge in [-0.25, -0.2) is 4.79 Å². The highest BCUT2D eigenvalue weighted by Crippen LogP contribution is 2.47. The van der Waals surface area contributed by atoms with Crippen molar-refractivity contribution in [3.63, 3.8) is 0 Å². The zero-order valence-electron chi connectivity index (χ0n) is 21.1. The first-order valence-corrected chi connectivity index (χ1v) is 12.5. The van der Waals surface area contributed by atoms with E-state index in [4.69, 9.17) is 18.9 Å². The Balaban J connectivity index is 1.66. The quantitative estimate of drug-likeness (QED) is 0.107. The average molecular weight is 527 g/mol. The minimum Gasteiger partial charge on any atom is -0.472 e. The van der Waals surface area contributed by atoms with Gasteiger partial charge in [0.2, 0.25) is 6.29 Å². The summed E-state index contributed by atoms with van der Waals surface area (Å²) in [6.45, 7) is 6.28. The van der Waals surface area contributed by atoms with Gasteiger partial charge in [0.25, 0.3) is 0 Å². The van der Waals surface area contributed by atoms with Crippen molar-refractivity contribution in [2.24, 2.45) is 17.8 Å². The summed E-state index contributed by atoms with van der Waals surface area (Å²) >= 11 is 0. The Hall–Kier alpha value is -2.12. The van der Waals surface area contributed by atoms with E-state index < -0.39 is 61.1 Å². The highest BCUT2D eigenvalue weighted by Gasteiger charge is 2.51. The van der Waals surface area contributed by atoms with Gasteiger partial charge in [-0.15, -0.1) is 6.58 Å². The van der Waals surface area contributed by atoms with Gasteiger partial charge in [-0.2, -0.15) is 0 Å². The lowest BCUT2D eigenvalue weighted by Crippen LogP contribution is -2.60. The Morgan fingerprint density at radius 1 is 1.22 bits per heavy atom. The van der Waals surface area contributed by atoms with Crippen LogP contribution in [0, 0.1) is 17.8 Å². The van der Waals surface area contributed by atoms with Crippen LogP contribution in [-0.2, 0) is 28.5 Å². The van der Waals surface area contributed by atoms with E-state index in [0.717, 1.165) is 0 Å². The number of hydrogen-bond donors (Lipinski definition) is 5. The molecular formula is C26H38O11. The van der Waals surface area contributed by atoms with E-state index in [2.05, 4.69) is 6.58 Å². The Morgan fingerprint density at radius 3 is 2.59 bits per heavy atom. The molecule has 0 bridgehead atoms. The van der Waals surface area contributed by atoms with Crippen molar-refractivity contribution in [1.29, 1.82) is 0 Å². The minimum atomic E-state index is -1.61. The number of hydrogen-bond acceptors (Lipinski definition) is 11. The fraction of sp³-hybridized carbons (Fsp3) is 0.692. The molecule has 11 nitrogen and oxygen atoms in total. The van der Waals surface area contributed by atoms with E-state index in [1.165, 1.54) is 12.3 Å². The molecule has 11 heteroatoms. The third-order valence-electron chi connectivity index (χ3n) is 7.48. The molecule has 3 aliphatic rings. The summed E-state index contributed by atoms with van der Waals surface area (Å²) in [6.07, 6.45) is -1.04. The normalized spacial score (nSPS) is 37.5.